The Bertz CT molecular complexity index is 258. The fraction of sp³-hybridized carbons (Fsp3) is 0.923. The molecule has 0 aromatic carbocycles. The average Bonchev–Trinajstić information content (AvgIpc) is 2.74. The van der Waals surface area contributed by atoms with Gasteiger partial charge in [0.15, 0.2) is 0 Å². The van der Waals surface area contributed by atoms with E-state index >= 15 is 0 Å². The Morgan fingerprint density at radius 1 is 1.41 bits per heavy atom. The molecule has 4 nitrogen and oxygen atoms in total. The van der Waals surface area contributed by atoms with Gasteiger partial charge in [0.1, 0.15) is 6.10 Å². The number of nitrogens with one attached hydrogen (secondary N) is 1. The van der Waals surface area contributed by atoms with Gasteiger partial charge in [-0.2, -0.15) is 0 Å². The van der Waals surface area contributed by atoms with E-state index in [1.807, 2.05) is 6.92 Å². The molecule has 0 aromatic rings. The number of carbonyl (C=O) groups is 1. The number of rotatable bonds is 5. The van der Waals surface area contributed by atoms with Crippen molar-refractivity contribution >= 4 is 5.91 Å². The molecule has 0 heterocycles. The summed E-state index contributed by atoms with van der Waals surface area (Å²) in [6.07, 6.45) is 6.66. The van der Waals surface area contributed by atoms with Crippen molar-refractivity contribution in [1.29, 1.82) is 0 Å². The summed E-state index contributed by atoms with van der Waals surface area (Å²) < 4.78 is 5.72. The van der Waals surface area contributed by atoms with Crippen molar-refractivity contribution in [3.8, 4) is 0 Å². The average molecular weight is 240 g/mol. The Morgan fingerprint density at radius 2 is 2.06 bits per heavy atom. The lowest BCUT2D eigenvalue weighted by molar-refractivity contribution is -0.141. The lowest BCUT2D eigenvalue weighted by Crippen LogP contribution is -2.44. The van der Waals surface area contributed by atoms with Gasteiger partial charge in [0.2, 0.25) is 5.91 Å². The van der Waals surface area contributed by atoms with Gasteiger partial charge in [-0.05, 0) is 45.1 Å². The Morgan fingerprint density at radius 3 is 2.65 bits per heavy atom. The molecule has 2 fully saturated rings. The number of amides is 1. The molecule has 0 aromatic heterocycles. The van der Waals surface area contributed by atoms with E-state index < -0.39 is 0 Å². The van der Waals surface area contributed by atoms with Crippen LogP contribution in [0.15, 0.2) is 0 Å². The monoisotopic (exact) mass is 240 g/mol. The van der Waals surface area contributed by atoms with Crippen LogP contribution in [0.4, 0.5) is 0 Å². The van der Waals surface area contributed by atoms with E-state index in [2.05, 4.69) is 5.32 Å². The number of nitrogens with two attached hydrogens (primary N) is 1. The predicted octanol–water partition coefficient (Wildman–Crippen LogP) is 1.19. The first kappa shape index (κ1) is 12.8. The first-order valence-corrected chi connectivity index (χ1v) is 6.85. The van der Waals surface area contributed by atoms with Crippen LogP contribution < -0.4 is 11.1 Å². The number of hydrogen-bond acceptors (Lipinski definition) is 3. The van der Waals surface area contributed by atoms with Gasteiger partial charge in [-0.15, -0.1) is 0 Å². The van der Waals surface area contributed by atoms with E-state index in [4.69, 9.17) is 10.5 Å². The van der Waals surface area contributed by atoms with Gasteiger partial charge in [-0.1, -0.05) is 12.8 Å². The third-order valence-electron chi connectivity index (χ3n) is 3.99. The summed E-state index contributed by atoms with van der Waals surface area (Å²) in [7, 11) is 0. The summed E-state index contributed by atoms with van der Waals surface area (Å²) in [4.78, 5) is 11.9. The van der Waals surface area contributed by atoms with Crippen molar-refractivity contribution in [2.24, 2.45) is 11.7 Å². The molecule has 2 saturated carbocycles. The van der Waals surface area contributed by atoms with E-state index in [1.54, 1.807) is 0 Å². The predicted molar refractivity (Wildman–Crippen MR) is 66.5 cm³/mol. The summed E-state index contributed by atoms with van der Waals surface area (Å²) in [5.74, 6) is 0.651. The Kier molecular flexibility index (Phi) is 4.40. The molecule has 3 N–H and O–H groups in total. The van der Waals surface area contributed by atoms with Crippen LogP contribution in [-0.2, 0) is 9.53 Å². The fourth-order valence-corrected chi connectivity index (χ4v) is 2.72. The molecule has 2 aliphatic carbocycles. The maximum absolute atomic E-state index is 11.9. The molecule has 1 amide bonds. The molecular weight excluding hydrogens is 216 g/mol. The highest BCUT2D eigenvalue weighted by Gasteiger charge is 2.31. The SMILES string of the molecule is CC(OC1CC(CN)C1)C(=O)NC1CCCC1. The number of hydrogen-bond donors (Lipinski definition) is 2. The van der Waals surface area contributed by atoms with E-state index in [-0.39, 0.29) is 18.1 Å². The van der Waals surface area contributed by atoms with Gasteiger partial charge in [-0.25, -0.2) is 0 Å². The molecule has 17 heavy (non-hydrogen) atoms. The zero-order valence-corrected chi connectivity index (χ0v) is 10.7. The largest absolute Gasteiger partial charge is 0.365 e. The van der Waals surface area contributed by atoms with E-state index in [1.165, 1.54) is 12.8 Å². The quantitative estimate of drug-likeness (QED) is 0.758. The van der Waals surface area contributed by atoms with Crippen LogP contribution in [0.5, 0.6) is 0 Å². The molecule has 0 bridgehead atoms. The smallest absolute Gasteiger partial charge is 0.249 e. The van der Waals surface area contributed by atoms with Crippen LogP contribution in [0, 0.1) is 5.92 Å². The van der Waals surface area contributed by atoms with Crippen LogP contribution in [0.25, 0.3) is 0 Å². The summed E-state index contributed by atoms with van der Waals surface area (Å²) in [6, 6.07) is 0.381. The molecule has 1 atom stereocenters. The van der Waals surface area contributed by atoms with Crippen molar-refractivity contribution in [2.45, 2.75) is 63.7 Å². The summed E-state index contributed by atoms with van der Waals surface area (Å²) in [5, 5.41) is 3.07. The Balaban J connectivity index is 1.65. The normalized spacial score (nSPS) is 30.9. The molecule has 0 spiro atoms. The maximum atomic E-state index is 11.9. The second-order valence-corrected chi connectivity index (χ2v) is 5.46. The van der Waals surface area contributed by atoms with Gasteiger partial charge < -0.3 is 15.8 Å². The molecule has 0 aliphatic heterocycles. The maximum Gasteiger partial charge on any atom is 0.249 e. The van der Waals surface area contributed by atoms with Crippen molar-refractivity contribution < 1.29 is 9.53 Å². The van der Waals surface area contributed by atoms with Gasteiger partial charge in [-0.3, -0.25) is 4.79 Å². The molecular formula is C13H24N2O2. The van der Waals surface area contributed by atoms with Crippen LogP contribution >= 0.6 is 0 Å². The van der Waals surface area contributed by atoms with Crippen molar-refractivity contribution in [1.82, 2.24) is 5.32 Å². The van der Waals surface area contributed by atoms with Crippen molar-refractivity contribution in [3.05, 3.63) is 0 Å². The molecule has 2 rings (SSSR count). The number of ether oxygens (including phenoxy) is 1. The summed E-state index contributed by atoms with van der Waals surface area (Å²) in [5.41, 5.74) is 5.56. The highest BCUT2D eigenvalue weighted by atomic mass is 16.5. The minimum atomic E-state index is -0.320. The van der Waals surface area contributed by atoms with Gasteiger partial charge in [0, 0.05) is 6.04 Å². The molecule has 1 unspecified atom stereocenters. The Labute approximate surface area is 103 Å². The fourth-order valence-electron chi connectivity index (χ4n) is 2.72. The second-order valence-electron chi connectivity index (χ2n) is 5.46. The minimum absolute atomic E-state index is 0.0492. The second kappa shape index (κ2) is 5.83. The van der Waals surface area contributed by atoms with Crippen LogP contribution in [-0.4, -0.2) is 30.7 Å². The van der Waals surface area contributed by atoms with Gasteiger partial charge in [0.05, 0.1) is 6.10 Å². The molecule has 98 valence electrons. The number of carbonyl (C=O) groups excluding carboxylic acids is 1. The van der Waals surface area contributed by atoms with E-state index in [0.29, 0.717) is 12.0 Å². The highest BCUT2D eigenvalue weighted by Crippen LogP contribution is 2.29. The molecule has 4 heteroatoms. The first-order chi connectivity index (χ1) is 8.19. The lowest BCUT2D eigenvalue weighted by atomic mass is 9.82. The third-order valence-corrected chi connectivity index (χ3v) is 3.99. The first-order valence-electron chi connectivity index (χ1n) is 6.85. The standard InChI is InChI=1S/C13H24N2O2/c1-9(17-12-6-10(7-12)8-14)13(16)15-11-4-2-3-5-11/h9-12H,2-8,14H2,1H3,(H,15,16). The zero-order chi connectivity index (χ0) is 12.3. The minimum Gasteiger partial charge on any atom is -0.365 e. The topological polar surface area (TPSA) is 64.3 Å². The summed E-state index contributed by atoms with van der Waals surface area (Å²) >= 11 is 0. The summed E-state index contributed by atoms with van der Waals surface area (Å²) in [6.45, 7) is 2.59. The Hall–Kier alpha value is -0.610. The van der Waals surface area contributed by atoms with Gasteiger partial charge in [0.25, 0.3) is 0 Å². The van der Waals surface area contributed by atoms with Crippen LogP contribution in [0.2, 0.25) is 0 Å². The van der Waals surface area contributed by atoms with E-state index in [0.717, 1.165) is 32.2 Å². The van der Waals surface area contributed by atoms with Gasteiger partial charge >= 0.3 is 0 Å². The molecule has 2 aliphatic rings. The van der Waals surface area contributed by atoms with Crippen molar-refractivity contribution in [2.75, 3.05) is 6.54 Å². The lowest BCUT2D eigenvalue weighted by Gasteiger charge is -2.35. The third kappa shape index (κ3) is 3.42. The molecule has 0 radical (unpaired) electrons. The van der Waals surface area contributed by atoms with Crippen LogP contribution in [0.1, 0.15) is 45.4 Å². The van der Waals surface area contributed by atoms with Crippen molar-refractivity contribution in [3.63, 3.8) is 0 Å². The highest BCUT2D eigenvalue weighted by molar-refractivity contribution is 5.80. The van der Waals surface area contributed by atoms with Crippen LogP contribution in [0.3, 0.4) is 0 Å². The zero-order valence-electron chi connectivity index (χ0n) is 10.7. The van der Waals surface area contributed by atoms with E-state index in [9.17, 15) is 4.79 Å². The molecule has 0 saturated heterocycles.